The van der Waals surface area contributed by atoms with E-state index >= 15 is 0 Å². The van der Waals surface area contributed by atoms with Crippen LogP contribution in [0.4, 0.5) is 0 Å². The van der Waals surface area contributed by atoms with Gasteiger partial charge < -0.3 is 10.2 Å². The van der Waals surface area contributed by atoms with Gasteiger partial charge in [-0.2, -0.15) is 0 Å². The van der Waals surface area contributed by atoms with Gasteiger partial charge in [-0.25, -0.2) is 4.98 Å². The first-order valence-corrected chi connectivity index (χ1v) is 8.94. The maximum absolute atomic E-state index is 5.01. The third-order valence-corrected chi connectivity index (χ3v) is 6.26. The molecular weight excluding hydrogens is 266 g/mol. The number of hydrogen-bond acceptors (Lipinski definition) is 4. The molecule has 20 heavy (non-hydrogen) atoms. The van der Waals surface area contributed by atoms with Gasteiger partial charge >= 0.3 is 0 Å². The highest BCUT2D eigenvalue weighted by molar-refractivity contribution is 7.12. The first-order valence-electron chi connectivity index (χ1n) is 8.13. The second kappa shape index (κ2) is 5.74. The van der Waals surface area contributed by atoms with Gasteiger partial charge in [-0.3, -0.25) is 0 Å². The zero-order valence-corrected chi connectivity index (χ0v) is 13.9. The number of likely N-dealkylation sites (tertiary alicyclic amines) is 1. The maximum atomic E-state index is 5.01. The smallest absolute Gasteiger partial charge is 0.113 e. The van der Waals surface area contributed by atoms with Crippen molar-refractivity contribution in [1.29, 1.82) is 0 Å². The van der Waals surface area contributed by atoms with Crippen molar-refractivity contribution < 1.29 is 0 Å². The SMILES string of the molecule is CCNC1(c2nc3c(s2)CCC3)CCN(C(C)C)CC1. The van der Waals surface area contributed by atoms with Crippen molar-refractivity contribution in [3.8, 4) is 0 Å². The average Bonchev–Trinajstić information content (AvgIpc) is 3.00. The van der Waals surface area contributed by atoms with Crippen LogP contribution in [0, 0.1) is 0 Å². The molecular formula is C16H27N3S. The fourth-order valence-corrected chi connectivity index (χ4v) is 4.99. The standard InChI is InChI=1S/C16H27N3S/c1-4-17-16(8-10-19(11-9-16)12(2)3)15-18-13-6-5-7-14(13)20-15/h12,17H,4-11H2,1-3H3. The molecule has 0 unspecified atom stereocenters. The van der Waals surface area contributed by atoms with Crippen LogP contribution in [0.1, 0.15) is 55.6 Å². The van der Waals surface area contributed by atoms with E-state index in [1.54, 1.807) is 4.88 Å². The molecule has 0 radical (unpaired) electrons. The first-order chi connectivity index (χ1) is 9.64. The predicted molar refractivity (Wildman–Crippen MR) is 85.4 cm³/mol. The molecule has 3 rings (SSSR count). The third-order valence-electron chi connectivity index (χ3n) is 4.90. The van der Waals surface area contributed by atoms with Crippen molar-refractivity contribution in [3.05, 3.63) is 15.6 Å². The summed E-state index contributed by atoms with van der Waals surface area (Å²) in [4.78, 5) is 9.17. The van der Waals surface area contributed by atoms with Gasteiger partial charge in [0.2, 0.25) is 0 Å². The summed E-state index contributed by atoms with van der Waals surface area (Å²) < 4.78 is 0. The summed E-state index contributed by atoms with van der Waals surface area (Å²) in [6, 6.07) is 0.663. The quantitative estimate of drug-likeness (QED) is 0.925. The molecule has 1 aliphatic carbocycles. The molecule has 0 aromatic carbocycles. The lowest BCUT2D eigenvalue weighted by atomic mass is 9.87. The number of hydrogen-bond donors (Lipinski definition) is 1. The fourth-order valence-electron chi connectivity index (χ4n) is 3.62. The molecule has 0 saturated carbocycles. The lowest BCUT2D eigenvalue weighted by Crippen LogP contribution is -2.52. The summed E-state index contributed by atoms with van der Waals surface area (Å²) in [5.41, 5.74) is 1.54. The fraction of sp³-hybridized carbons (Fsp3) is 0.812. The van der Waals surface area contributed by atoms with Crippen LogP contribution in [-0.2, 0) is 18.4 Å². The van der Waals surface area contributed by atoms with Crippen molar-refractivity contribution in [2.45, 2.75) is 64.5 Å². The lowest BCUT2D eigenvalue weighted by Gasteiger charge is -2.42. The molecule has 3 nitrogen and oxygen atoms in total. The van der Waals surface area contributed by atoms with Crippen LogP contribution in [0.15, 0.2) is 0 Å². The summed E-state index contributed by atoms with van der Waals surface area (Å²) in [5.74, 6) is 0. The molecule has 1 N–H and O–H groups in total. The Labute approximate surface area is 126 Å². The number of piperidine rings is 1. The Hall–Kier alpha value is -0.450. The predicted octanol–water partition coefficient (Wildman–Crippen LogP) is 2.94. The van der Waals surface area contributed by atoms with Crippen LogP contribution < -0.4 is 5.32 Å². The van der Waals surface area contributed by atoms with E-state index < -0.39 is 0 Å². The van der Waals surface area contributed by atoms with Crippen LogP contribution in [0.5, 0.6) is 0 Å². The van der Waals surface area contributed by atoms with Crippen molar-refractivity contribution in [2.24, 2.45) is 0 Å². The topological polar surface area (TPSA) is 28.2 Å². The van der Waals surface area contributed by atoms with Gasteiger partial charge in [-0.15, -0.1) is 11.3 Å². The third kappa shape index (κ3) is 2.53. The molecule has 1 saturated heterocycles. The van der Waals surface area contributed by atoms with Gasteiger partial charge in [0, 0.05) is 24.0 Å². The van der Waals surface area contributed by atoms with E-state index in [9.17, 15) is 0 Å². The van der Waals surface area contributed by atoms with E-state index in [4.69, 9.17) is 4.98 Å². The van der Waals surface area contributed by atoms with Crippen LogP contribution in [0.2, 0.25) is 0 Å². The molecule has 0 amide bonds. The summed E-state index contributed by atoms with van der Waals surface area (Å²) in [5, 5.41) is 5.15. The Morgan fingerprint density at radius 3 is 2.65 bits per heavy atom. The molecule has 112 valence electrons. The summed E-state index contributed by atoms with van der Waals surface area (Å²) in [7, 11) is 0. The van der Waals surface area contributed by atoms with Gasteiger partial charge in [-0.1, -0.05) is 6.92 Å². The van der Waals surface area contributed by atoms with Gasteiger partial charge in [0.15, 0.2) is 0 Å². The van der Waals surface area contributed by atoms with E-state index in [-0.39, 0.29) is 5.54 Å². The zero-order chi connectivity index (χ0) is 14.2. The van der Waals surface area contributed by atoms with E-state index in [1.165, 1.54) is 55.9 Å². The van der Waals surface area contributed by atoms with Crippen LogP contribution in [0.25, 0.3) is 0 Å². The summed E-state index contributed by atoms with van der Waals surface area (Å²) in [6.07, 6.45) is 6.17. The van der Waals surface area contributed by atoms with Crippen LogP contribution in [-0.4, -0.2) is 35.6 Å². The molecule has 1 fully saturated rings. The number of nitrogens with zero attached hydrogens (tertiary/aromatic N) is 2. The molecule has 1 aliphatic heterocycles. The van der Waals surface area contributed by atoms with Gasteiger partial charge in [-0.05, 0) is 52.5 Å². The normalized spacial score (nSPS) is 22.4. The number of rotatable bonds is 4. The van der Waals surface area contributed by atoms with E-state index in [0.717, 1.165) is 6.54 Å². The average molecular weight is 293 g/mol. The minimum atomic E-state index is 0.148. The van der Waals surface area contributed by atoms with Crippen molar-refractivity contribution >= 4 is 11.3 Å². The molecule has 1 aromatic heterocycles. The monoisotopic (exact) mass is 293 g/mol. The Bertz CT molecular complexity index is 437. The van der Waals surface area contributed by atoms with E-state index in [0.29, 0.717) is 6.04 Å². The van der Waals surface area contributed by atoms with Crippen LogP contribution >= 0.6 is 11.3 Å². The Kier molecular flexibility index (Phi) is 4.16. The largest absolute Gasteiger partial charge is 0.306 e. The molecule has 4 heteroatoms. The van der Waals surface area contributed by atoms with E-state index in [2.05, 4.69) is 31.0 Å². The highest BCUT2D eigenvalue weighted by atomic mass is 32.1. The number of fused-ring (bicyclic) bond motifs is 1. The van der Waals surface area contributed by atoms with E-state index in [1.807, 2.05) is 11.3 Å². The molecule has 0 atom stereocenters. The number of aromatic nitrogens is 1. The second-order valence-corrected chi connectivity index (χ2v) is 7.57. The van der Waals surface area contributed by atoms with Gasteiger partial charge in [0.1, 0.15) is 5.01 Å². The van der Waals surface area contributed by atoms with Gasteiger partial charge in [0.25, 0.3) is 0 Å². The molecule has 1 aromatic rings. The Morgan fingerprint density at radius 1 is 1.30 bits per heavy atom. The minimum absolute atomic E-state index is 0.148. The van der Waals surface area contributed by atoms with Crippen molar-refractivity contribution in [2.75, 3.05) is 19.6 Å². The Balaban J connectivity index is 1.81. The Morgan fingerprint density at radius 2 is 2.05 bits per heavy atom. The maximum Gasteiger partial charge on any atom is 0.113 e. The van der Waals surface area contributed by atoms with Crippen molar-refractivity contribution in [3.63, 3.8) is 0 Å². The number of thiazole rings is 1. The van der Waals surface area contributed by atoms with Gasteiger partial charge in [0.05, 0.1) is 11.2 Å². The first kappa shape index (κ1) is 14.5. The summed E-state index contributed by atoms with van der Waals surface area (Å²) in [6.45, 7) is 10.2. The number of aryl methyl sites for hydroxylation is 2. The second-order valence-electron chi connectivity index (χ2n) is 6.48. The van der Waals surface area contributed by atoms with Crippen LogP contribution in [0.3, 0.4) is 0 Å². The molecule has 2 aliphatic rings. The number of nitrogens with one attached hydrogen (secondary N) is 1. The lowest BCUT2D eigenvalue weighted by molar-refractivity contribution is 0.110. The zero-order valence-electron chi connectivity index (χ0n) is 13.0. The highest BCUT2D eigenvalue weighted by Crippen LogP contribution is 2.39. The molecule has 2 heterocycles. The molecule has 0 bridgehead atoms. The summed E-state index contributed by atoms with van der Waals surface area (Å²) >= 11 is 1.98. The minimum Gasteiger partial charge on any atom is -0.306 e. The highest BCUT2D eigenvalue weighted by Gasteiger charge is 2.39. The van der Waals surface area contributed by atoms with Crippen molar-refractivity contribution in [1.82, 2.24) is 15.2 Å². The molecule has 0 spiro atoms.